The molecule has 2 aromatic carbocycles. The topological polar surface area (TPSA) is 43.1 Å². The maximum absolute atomic E-state index is 14.8. The zero-order valence-corrected chi connectivity index (χ0v) is 17.1. The van der Waals surface area contributed by atoms with E-state index in [9.17, 15) is 31.1 Å². The first kappa shape index (κ1) is 24.1. The number of nitrogens with two attached hydrogens (primary N) is 1. The summed E-state index contributed by atoms with van der Waals surface area (Å²) in [6, 6.07) is 4.32. The summed E-state index contributed by atoms with van der Waals surface area (Å²) in [5, 5.41) is 0.111. The van der Waals surface area contributed by atoms with Gasteiger partial charge in [-0.15, -0.1) is 0 Å². The van der Waals surface area contributed by atoms with Crippen LogP contribution >= 0.6 is 23.2 Å². The summed E-state index contributed by atoms with van der Waals surface area (Å²) in [6.45, 7) is 2.05. The minimum atomic E-state index is -5.00. The fourth-order valence-electron chi connectivity index (χ4n) is 2.85. The summed E-state index contributed by atoms with van der Waals surface area (Å²) in [6.07, 6.45) is -4.51. The van der Waals surface area contributed by atoms with E-state index in [0.29, 0.717) is 30.7 Å². The van der Waals surface area contributed by atoms with E-state index in [4.69, 9.17) is 28.9 Å². The number of aryl methyl sites for hydroxylation is 1. The van der Waals surface area contributed by atoms with Gasteiger partial charge in [-0.05, 0) is 42.3 Å². The molecule has 1 unspecified atom stereocenters. The van der Waals surface area contributed by atoms with Gasteiger partial charge in [-0.1, -0.05) is 35.3 Å². The molecular formula is C20H15Cl2F6NO. The van der Waals surface area contributed by atoms with Gasteiger partial charge in [0.1, 0.15) is 5.83 Å². The highest BCUT2D eigenvalue weighted by atomic mass is 35.5. The van der Waals surface area contributed by atoms with Crippen molar-refractivity contribution < 1.29 is 31.1 Å². The molecule has 2 rings (SSSR count). The minimum Gasteiger partial charge on any atom is -0.366 e. The third-order valence-electron chi connectivity index (χ3n) is 4.32. The summed E-state index contributed by atoms with van der Waals surface area (Å²) in [5.41, 5.74) is 2.24. The third kappa shape index (κ3) is 5.29. The molecule has 1 atom stereocenters. The van der Waals surface area contributed by atoms with Crippen molar-refractivity contribution in [1.29, 1.82) is 0 Å². The minimum absolute atomic E-state index is 0.0279. The molecule has 0 heterocycles. The van der Waals surface area contributed by atoms with Crippen LogP contribution in [0.4, 0.5) is 26.3 Å². The SMILES string of the molecule is Cc1cc(C(/C=C(\F)c2ccc(C(N)=O)c(C(F)(F)F)c2)C(C)(F)F)cc(Cl)c1Cl. The molecule has 30 heavy (non-hydrogen) atoms. The average molecular weight is 470 g/mol. The molecule has 1 amide bonds. The molecule has 162 valence electrons. The Morgan fingerprint density at radius 1 is 1.10 bits per heavy atom. The first-order valence-corrected chi connectivity index (χ1v) is 9.10. The number of hydrogen-bond acceptors (Lipinski definition) is 1. The van der Waals surface area contributed by atoms with E-state index >= 15 is 0 Å². The van der Waals surface area contributed by atoms with Gasteiger partial charge in [0.2, 0.25) is 5.91 Å². The van der Waals surface area contributed by atoms with Gasteiger partial charge in [0.05, 0.1) is 27.1 Å². The number of hydrogen-bond donors (Lipinski definition) is 1. The molecular weight excluding hydrogens is 455 g/mol. The molecule has 2 aromatic rings. The molecule has 0 aliphatic carbocycles. The van der Waals surface area contributed by atoms with Crippen LogP contribution in [0, 0.1) is 6.92 Å². The van der Waals surface area contributed by atoms with Crippen LogP contribution in [0.2, 0.25) is 10.0 Å². The van der Waals surface area contributed by atoms with Gasteiger partial charge in [-0.3, -0.25) is 4.79 Å². The monoisotopic (exact) mass is 469 g/mol. The number of alkyl halides is 5. The zero-order valence-electron chi connectivity index (χ0n) is 15.6. The smallest absolute Gasteiger partial charge is 0.366 e. The lowest BCUT2D eigenvalue weighted by Crippen LogP contribution is -2.21. The van der Waals surface area contributed by atoms with E-state index < -0.39 is 46.4 Å². The Kier molecular flexibility index (Phi) is 6.83. The Hall–Kier alpha value is -2.19. The van der Waals surface area contributed by atoms with Crippen LogP contribution in [-0.4, -0.2) is 11.8 Å². The van der Waals surface area contributed by atoms with Crippen LogP contribution in [0.1, 0.15) is 45.5 Å². The number of carbonyl (C=O) groups excluding carboxylic acids is 1. The van der Waals surface area contributed by atoms with Crippen molar-refractivity contribution in [2.24, 2.45) is 5.73 Å². The second kappa shape index (κ2) is 8.51. The van der Waals surface area contributed by atoms with Crippen LogP contribution in [0.3, 0.4) is 0 Å². The van der Waals surface area contributed by atoms with Crippen LogP contribution in [-0.2, 0) is 6.18 Å². The highest BCUT2D eigenvalue weighted by Crippen LogP contribution is 2.41. The van der Waals surface area contributed by atoms with Crippen LogP contribution < -0.4 is 5.73 Å². The van der Waals surface area contributed by atoms with Gasteiger partial charge in [0, 0.05) is 12.5 Å². The molecule has 0 aliphatic rings. The van der Waals surface area contributed by atoms with E-state index in [-0.39, 0.29) is 15.6 Å². The Balaban J connectivity index is 2.62. The Morgan fingerprint density at radius 3 is 2.17 bits per heavy atom. The van der Waals surface area contributed by atoms with Gasteiger partial charge >= 0.3 is 6.18 Å². The molecule has 2 nitrogen and oxygen atoms in total. The number of amides is 1. The second-order valence-corrected chi connectivity index (χ2v) is 7.49. The predicted octanol–water partition coefficient (Wildman–Crippen LogP) is 7.17. The van der Waals surface area contributed by atoms with Crippen molar-refractivity contribution in [2.45, 2.75) is 31.9 Å². The first-order valence-electron chi connectivity index (χ1n) is 8.35. The molecule has 0 saturated heterocycles. The lowest BCUT2D eigenvalue weighted by Gasteiger charge is -2.22. The van der Waals surface area contributed by atoms with Crippen molar-refractivity contribution in [1.82, 2.24) is 0 Å². The van der Waals surface area contributed by atoms with Crippen molar-refractivity contribution in [3.8, 4) is 0 Å². The van der Waals surface area contributed by atoms with Gasteiger partial charge in [-0.25, -0.2) is 13.2 Å². The van der Waals surface area contributed by atoms with Crippen molar-refractivity contribution >= 4 is 34.9 Å². The number of allylic oxidation sites excluding steroid dienone is 1. The van der Waals surface area contributed by atoms with E-state index in [1.165, 1.54) is 13.0 Å². The van der Waals surface area contributed by atoms with Gasteiger partial charge in [-0.2, -0.15) is 13.2 Å². The zero-order chi connectivity index (χ0) is 23.0. The average Bonchev–Trinajstić information content (AvgIpc) is 2.61. The quantitative estimate of drug-likeness (QED) is 0.463. The van der Waals surface area contributed by atoms with E-state index in [1.807, 2.05) is 0 Å². The summed E-state index contributed by atoms with van der Waals surface area (Å²) in [4.78, 5) is 11.2. The fraction of sp³-hybridized carbons (Fsp3) is 0.250. The van der Waals surface area contributed by atoms with Crippen molar-refractivity contribution in [3.63, 3.8) is 0 Å². The van der Waals surface area contributed by atoms with E-state index in [2.05, 4.69) is 0 Å². The first-order chi connectivity index (χ1) is 13.6. The van der Waals surface area contributed by atoms with Gasteiger partial charge in [0.25, 0.3) is 5.92 Å². The number of primary amides is 1. The molecule has 0 radical (unpaired) electrons. The molecule has 0 bridgehead atoms. The summed E-state index contributed by atoms with van der Waals surface area (Å²) in [5.74, 6) is -8.04. The lowest BCUT2D eigenvalue weighted by atomic mass is 9.90. The van der Waals surface area contributed by atoms with Crippen molar-refractivity contribution in [3.05, 3.63) is 74.3 Å². The molecule has 2 N–H and O–H groups in total. The fourth-order valence-corrected chi connectivity index (χ4v) is 3.24. The highest BCUT2D eigenvalue weighted by Gasteiger charge is 2.37. The molecule has 0 aromatic heterocycles. The summed E-state index contributed by atoms with van der Waals surface area (Å²) < 4.78 is 82.8. The molecule has 0 saturated carbocycles. The van der Waals surface area contributed by atoms with Crippen molar-refractivity contribution in [2.75, 3.05) is 0 Å². The molecule has 0 fully saturated rings. The number of halogens is 8. The lowest BCUT2D eigenvalue weighted by molar-refractivity contribution is -0.137. The molecule has 0 aliphatic heterocycles. The summed E-state index contributed by atoms with van der Waals surface area (Å²) in [7, 11) is 0. The Morgan fingerprint density at radius 2 is 1.70 bits per heavy atom. The van der Waals surface area contributed by atoms with E-state index in [0.717, 1.165) is 12.1 Å². The number of benzene rings is 2. The second-order valence-electron chi connectivity index (χ2n) is 6.70. The maximum Gasteiger partial charge on any atom is 0.417 e. The maximum atomic E-state index is 14.8. The number of carbonyl (C=O) groups is 1. The highest BCUT2D eigenvalue weighted by molar-refractivity contribution is 6.42. The van der Waals surface area contributed by atoms with Crippen LogP contribution in [0.15, 0.2) is 36.4 Å². The number of rotatable bonds is 5. The standard InChI is InChI=1S/C20H15Cl2F6NO/c1-9-5-11(7-15(21)17(9)22)13(19(2,24)25)8-16(23)10-3-4-12(18(29)30)14(6-10)20(26,27)28/h3-8,13H,1-2H3,(H2,29,30)/b16-8-. The van der Waals surface area contributed by atoms with Crippen LogP contribution in [0.25, 0.3) is 5.83 Å². The van der Waals surface area contributed by atoms with Gasteiger partial charge in [0.15, 0.2) is 0 Å². The predicted molar refractivity (Wildman–Crippen MR) is 104 cm³/mol. The largest absolute Gasteiger partial charge is 0.417 e. The Bertz CT molecular complexity index is 988. The molecule has 0 spiro atoms. The molecule has 10 heteroatoms. The summed E-state index contributed by atoms with van der Waals surface area (Å²) >= 11 is 11.8. The van der Waals surface area contributed by atoms with E-state index in [1.54, 1.807) is 0 Å². The normalized spacial score (nSPS) is 14.0. The van der Waals surface area contributed by atoms with Crippen LogP contribution in [0.5, 0.6) is 0 Å². The van der Waals surface area contributed by atoms with Gasteiger partial charge < -0.3 is 5.73 Å². The third-order valence-corrected chi connectivity index (χ3v) is 5.21. The Labute approximate surface area is 178 Å².